The number of para-hydroxylation sites is 1. The lowest BCUT2D eigenvalue weighted by Crippen LogP contribution is -2.05. The Bertz CT molecular complexity index is 631. The maximum Gasteiger partial charge on any atom is 0.295 e. The Hall–Kier alpha value is -2.08. The van der Waals surface area contributed by atoms with Crippen molar-refractivity contribution in [3.63, 3.8) is 0 Å². The minimum Gasteiger partial charge on any atom is -0.384 e. The van der Waals surface area contributed by atoms with Crippen LogP contribution in [-0.4, -0.2) is 28.0 Å². The van der Waals surface area contributed by atoms with Gasteiger partial charge in [-0.3, -0.25) is 10.1 Å². The first-order valence-corrected chi connectivity index (χ1v) is 7.34. The maximum atomic E-state index is 11.0. The molecular weight excluding hydrogens is 274 g/mol. The van der Waals surface area contributed by atoms with E-state index in [1.165, 1.54) is 6.07 Å². The number of hydrogen-bond donors (Lipinski definition) is 1. The monoisotopic (exact) mass is 289 g/mol. The van der Waals surface area contributed by atoms with Gasteiger partial charge in [-0.2, -0.15) is 11.8 Å². The number of pyridine rings is 1. The fourth-order valence-electron chi connectivity index (χ4n) is 1.89. The van der Waals surface area contributed by atoms with E-state index >= 15 is 0 Å². The maximum absolute atomic E-state index is 11.0. The summed E-state index contributed by atoms with van der Waals surface area (Å²) >= 11 is 1.78. The van der Waals surface area contributed by atoms with Crippen LogP contribution < -0.4 is 5.32 Å². The molecule has 1 N–H and O–H groups in total. The molecular formula is C14H15N3O2S. The van der Waals surface area contributed by atoms with E-state index in [2.05, 4.69) is 16.9 Å². The van der Waals surface area contributed by atoms with Crippen LogP contribution in [0.3, 0.4) is 0 Å². The fourth-order valence-corrected chi connectivity index (χ4v) is 2.47. The topological polar surface area (TPSA) is 68.1 Å². The third-order valence-electron chi connectivity index (χ3n) is 2.74. The van der Waals surface area contributed by atoms with Gasteiger partial charge in [0.05, 0.1) is 4.92 Å². The summed E-state index contributed by atoms with van der Waals surface area (Å²) in [5.41, 5.74) is 1.33. The highest BCUT2D eigenvalue weighted by Crippen LogP contribution is 2.28. The summed E-state index contributed by atoms with van der Waals surface area (Å²) in [5.74, 6) is 1.87. The van der Waals surface area contributed by atoms with Crippen LogP contribution in [0.15, 0.2) is 43.1 Å². The second-order valence-electron chi connectivity index (χ2n) is 4.08. The lowest BCUT2D eigenvalue weighted by molar-refractivity contribution is -0.383. The highest BCUT2D eigenvalue weighted by atomic mass is 32.2. The summed E-state index contributed by atoms with van der Waals surface area (Å²) in [6, 6.07) is 6.83. The minimum absolute atomic E-state index is 0.0344. The molecule has 0 unspecified atom stereocenters. The van der Waals surface area contributed by atoms with Crippen molar-refractivity contribution in [3.05, 3.63) is 53.2 Å². The average Bonchev–Trinajstić information content (AvgIpc) is 2.46. The van der Waals surface area contributed by atoms with Gasteiger partial charge in [0, 0.05) is 41.4 Å². The molecule has 0 fully saturated rings. The molecule has 6 heteroatoms. The number of hydrogen-bond acceptors (Lipinski definition) is 5. The summed E-state index contributed by atoms with van der Waals surface area (Å²) < 4.78 is 0. The van der Waals surface area contributed by atoms with Crippen LogP contribution >= 0.6 is 11.8 Å². The van der Waals surface area contributed by atoms with Crippen molar-refractivity contribution in [2.75, 3.05) is 23.4 Å². The Kier molecular flexibility index (Phi) is 4.95. The van der Waals surface area contributed by atoms with Crippen molar-refractivity contribution >= 4 is 34.0 Å². The number of benzene rings is 1. The second kappa shape index (κ2) is 6.91. The third-order valence-corrected chi connectivity index (χ3v) is 3.71. The number of nitro groups is 1. The summed E-state index contributed by atoms with van der Waals surface area (Å²) in [7, 11) is 0. The van der Waals surface area contributed by atoms with E-state index in [1.54, 1.807) is 24.0 Å². The molecule has 0 aliphatic heterocycles. The standard InChI is InChI=1S/C14H15N3O2S/c1-2-9-20-10-8-15-12-6-7-16-14-11(12)4-3-5-13(14)17(18)19/h2-7H,1,8-10H2,(H,15,16). The largest absolute Gasteiger partial charge is 0.384 e. The van der Waals surface area contributed by atoms with Crippen LogP contribution in [-0.2, 0) is 0 Å². The summed E-state index contributed by atoms with van der Waals surface area (Å²) in [6.07, 6.45) is 3.46. The molecule has 0 bridgehead atoms. The van der Waals surface area contributed by atoms with Gasteiger partial charge in [0.25, 0.3) is 5.69 Å². The lowest BCUT2D eigenvalue weighted by atomic mass is 10.1. The highest BCUT2D eigenvalue weighted by molar-refractivity contribution is 7.99. The second-order valence-corrected chi connectivity index (χ2v) is 5.23. The molecule has 1 aromatic carbocycles. The Morgan fingerprint density at radius 2 is 2.30 bits per heavy atom. The van der Waals surface area contributed by atoms with E-state index in [9.17, 15) is 10.1 Å². The molecule has 0 radical (unpaired) electrons. The Morgan fingerprint density at radius 1 is 1.45 bits per heavy atom. The van der Waals surface area contributed by atoms with E-state index in [4.69, 9.17) is 0 Å². The molecule has 0 atom stereocenters. The van der Waals surface area contributed by atoms with Crippen LogP contribution in [0.5, 0.6) is 0 Å². The number of nitro benzene ring substituents is 1. The van der Waals surface area contributed by atoms with Gasteiger partial charge >= 0.3 is 0 Å². The molecule has 0 saturated heterocycles. The molecule has 0 amide bonds. The predicted octanol–water partition coefficient (Wildman–Crippen LogP) is 3.47. The van der Waals surface area contributed by atoms with Crippen molar-refractivity contribution < 1.29 is 4.92 Å². The number of aromatic nitrogens is 1. The zero-order chi connectivity index (χ0) is 14.4. The normalized spacial score (nSPS) is 10.4. The molecule has 20 heavy (non-hydrogen) atoms. The molecule has 2 rings (SSSR count). The van der Waals surface area contributed by atoms with Crippen LogP contribution in [0.2, 0.25) is 0 Å². The summed E-state index contributed by atoms with van der Waals surface area (Å²) in [5, 5.41) is 15.1. The van der Waals surface area contributed by atoms with E-state index in [-0.39, 0.29) is 5.69 Å². The Morgan fingerprint density at radius 3 is 3.05 bits per heavy atom. The number of rotatable bonds is 7. The Labute approximate surface area is 121 Å². The van der Waals surface area contributed by atoms with Gasteiger partial charge < -0.3 is 5.32 Å². The van der Waals surface area contributed by atoms with Crippen molar-refractivity contribution in [2.24, 2.45) is 0 Å². The molecule has 0 aliphatic rings. The smallest absolute Gasteiger partial charge is 0.295 e. The van der Waals surface area contributed by atoms with Crippen molar-refractivity contribution in [2.45, 2.75) is 0 Å². The van der Waals surface area contributed by atoms with Crippen LogP contribution in [0.25, 0.3) is 10.9 Å². The molecule has 0 spiro atoms. The van der Waals surface area contributed by atoms with Crippen LogP contribution in [0.1, 0.15) is 0 Å². The quantitative estimate of drug-likeness (QED) is 0.366. The van der Waals surface area contributed by atoms with Gasteiger partial charge in [-0.25, -0.2) is 4.98 Å². The highest BCUT2D eigenvalue weighted by Gasteiger charge is 2.13. The first-order valence-electron chi connectivity index (χ1n) is 6.18. The van der Waals surface area contributed by atoms with Gasteiger partial charge in [0.2, 0.25) is 0 Å². The van der Waals surface area contributed by atoms with Crippen LogP contribution in [0.4, 0.5) is 11.4 Å². The number of nitrogens with zero attached hydrogens (tertiary/aromatic N) is 2. The van der Waals surface area contributed by atoms with Gasteiger partial charge in [-0.1, -0.05) is 18.2 Å². The van der Waals surface area contributed by atoms with Gasteiger partial charge in [-0.05, 0) is 6.07 Å². The fraction of sp³-hybridized carbons (Fsp3) is 0.214. The number of fused-ring (bicyclic) bond motifs is 1. The zero-order valence-corrected chi connectivity index (χ0v) is 11.7. The lowest BCUT2D eigenvalue weighted by Gasteiger charge is -2.09. The first-order chi connectivity index (χ1) is 9.74. The Balaban J connectivity index is 2.20. The molecule has 1 heterocycles. The van der Waals surface area contributed by atoms with E-state index in [0.29, 0.717) is 5.52 Å². The first kappa shape index (κ1) is 14.3. The van der Waals surface area contributed by atoms with E-state index in [1.807, 2.05) is 18.2 Å². The molecule has 0 saturated carbocycles. The predicted molar refractivity (Wildman–Crippen MR) is 84.4 cm³/mol. The van der Waals surface area contributed by atoms with Crippen molar-refractivity contribution in [1.82, 2.24) is 4.98 Å². The summed E-state index contributed by atoms with van der Waals surface area (Å²) in [6.45, 7) is 4.46. The molecule has 1 aromatic heterocycles. The molecule has 2 aromatic rings. The molecule has 104 valence electrons. The summed E-state index contributed by atoms with van der Waals surface area (Å²) in [4.78, 5) is 14.7. The van der Waals surface area contributed by atoms with Crippen molar-refractivity contribution in [3.8, 4) is 0 Å². The average molecular weight is 289 g/mol. The van der Waals surface area contributed by atoms with Gasteiger partial charge in [0.1, 0.15) is 5.52 Å². The zero-order valence-electron chi connectivity index (χ0n) is 10.9. The van der Waals surface area contributed by atoms with E-state index < -0.39 is 4.92 Å². The number of non-ortho nitro benzene ring substituents is 1. The molecule has 0 aliphatic carbocycles. The molecule has 5 nitrogen and oxygen atoms in total. The third kappa shape index (κ3) is 3.27. The number of anilines is 1. The SMILES string of the molecule is C=CCSCCNc1ccnc2c([N+](=O)[O-])cccc12. The van der Waals surface area contributed by atoms with Crippen LogP contribution in [0, 0.1) is 10.1 Å². The van der Waals surface area contributed by atoms with Gasteiger partial charge in [0.15, 0.2) is 0 Å². The minimum atomic E-state index is -0.404. The van der Waals surface area contributed by atoms with Crippen molar-refractivity contribution in [1.29, 1.82) is 0 Å². The van der Waals surface area contributed by atoms with Gasteiger partial charge in [-0.15, -0.1) is 6.58 Å². The van der Waals surface area contributed by atoms with E-state index in [0.717, 1.165) is 29.1 Å². The number of thioether (sulfide) groups is 1. The number of nitrogens with one attached hydrogen (secondary N) is 1.